The number of carbonyl (C=O) groups is 1. The highest BCUT2D eigenvalue weighted by Gasteiger charge is 2.22. The van der Waals surface area contributed by atoms with Gasteiger partial charge in [0.05, 0.1) is 13.7 Å². The summed E-state index contributed by atoms with van der Waals surface area (Å²) in [6, 6.07) is 12.3. The largest absolute Gasteiger partial charge is 0.497 e. The zero-order valence-electron chi connectivity index (χ0n) is 14.4. The highest BCUT2D eigenvalue weighted by molar-refractivity contribution is 7.99. The number of methoxy groups -OCH3 is 1. The number of urea groups is 1. The molecule has 1 aromatic carbocycles. The summed E-state index contributed by atoms with van der Waals surface area (Å²) in [4.78, 5) is 16.7. The summed E-state index contributed by atoms with van der Waals surface area (Å²) >= 11 is 3.57. The Morgan fingerprint density at radius 2 is 2.04 bits per heavy atom. The number of likely N-dealkylation sites (tertiary alicyclic amines) is 1. The van der Waals surface area contributed by atoms with Crippen LogP contribution >= 0.6 is 23.1 Å². The van der Waals surface area contributed by atoms with Gasteiger partial charge in [0.2, 0.25) is 0 Å². The average Bonchev–Trinajstić information content (AvgIpc) is 3.19. The van der Waals surface area contributed by atoms with Gasteiger partial charge in [0.1, 0.15) is 5.75 Å². The quantitative estimate of drug-likeness (QED) is 0.756. The van der Waals surface area contributed by atoms with Gasteiger partial charge in [0.15, 0.2) is 0 Å². The van der Waals surface area contributed by atoms with Crippen LogP contribution in [0.5, 0.6) is 5.75 Å². The number of piperidine rings is 1. The number of thioether (sulfide) groups is 1. The molecule has 134 valence electrons. The van der Waals surface area contributed by atoms with E-state index in [2.05, 4.69) is 17.4 Å². The first-order valence-electron chi connectivity index (χ1n) is 8.56. The van der Waals surface area contributed by atoms with Gasteiger partial charge in [-0.2, -0.15) is 0 Å². The number of hydrogen-bond acceptors (Lipinski definition) is 4. The Morgan fingerprint density at radius 1 is 1.28 bits per heavy atom. The Hall–Kier alpha value is -1.66. The first kappa shape index (κ1) is 18.1. The summed E-state index contributed by atoms with van der Waals surface area (Å²) in [5.41, 5.74) is 0. The number of ether oxygens (including phenoxy) is 1. The second-order valence-electron chi connectivity index (χ2n) is 6.16. The van der Waals surface area contributed by atoms with Gasteiger partial charge in [-0.3, -0.25) is 0 Å². The normalized spacial score (nSPS) is 15.2. The van der Waals surface area contributed by atoms with Crippen LogP contribution in [0.15, 0.2) is 46.7 Å². The van der Waals surface area contributed by atoms with Crippen molar-refractivity contribution < 1.29 is 9.53 Å². The monoisotopic (exact) mass is 376 g/mol. The van der Waals surface area contributed by atoms with Gasteiger partial charge >= 0.3 is 6.03 Å². The highest BCUT2D eigenvalue weighted by atomic mass is 32.2. The molecule has 2 heterocycles. The van der Waals surface area contributed by atoms with Crippen molar-refractivity contribution in [2.24, 2.45) is 5.92 Å². The van der Waals surface area contributed by atoms with Crippen LogP contribution in [0.4, 0.5) is 4.79 Å². The first-order chi connectivity index (χ1) is 12.2. The lowest BCUT2D eigenvalue weighted by atomic mass is 9.99. The molecule has 0 bridgehead atoms. The Labute approximate surface area is 157 Å². The minimum atomic E-state index is 0.0645. The summed E-state index contributed by atoms with van der Waals surface area (Å²) in [6.07, 6.45) is 2.16. The number of benzene rings is 1. The Bertz CT molecular complexity index is 651. The molecule has 1 aromatic heterocycles. The molecule has 0 saturated carbocycles. The molecule has 1 aliphatic rings. The molecule has 1 N–H and O–H groups in total. The molecule has 1 fully saturated rings. The summed E-state index contributed by atoms with van der Waals surface area (Å²) in [5, 5.41) is 5.05. The molecule has 4 nitrogen and oxygen atoms in total. The Morgan fingerprint density at radius 3 is 2.68 bits per heavy atom. The van der Waals surface area contributed by atoms with Gasteiger partial charge in [-0.15, -0.1) is 23.1 Å². The van der Waals surface area contributed by atoms with Gasteiger partial charge in [-0.1, -0.05) is 6.07 Å². The maximum atomic E-state index is 12.2. The average molecular weight is 377 g/mol. The van der Waals surface area contributed by atoms with Crippen LogP contribution in [0.1, 0.15) is 17.7 Å². The number of nitrogens with one attached hydrogen (secondary N) is 1. The van der Waals surface area contributed by atoms with Crippen molar-refractivity contribution in [3.8, 4) is 5.75 Å². The molecule has 2 aromatic rings. The molecule has 0 aliphatic carbocycles. The van der Waals surface area contributed by atoms with Crippen LogP contribution in [0.25, 0.3) is 0 Å². The van der Waals surface area contributed by atoms with Crippen molar-refractivity contribution in [1.82, 2.24) is 10.2 Å². The van der Waals surface area contributed by atoms with E-state index in [9.17, 15) is 4.79 Å². The lowest BCUT2D eigenvalue weighted by Crippen LogP contribution is -2.44. The van der Waals surface area contributed by atoms with Crippen molar-refractivity contribution in [2.45, 2.75) is 24.3 Å². The van der Waals surface area contributed by atoms with Gasteiger partial charge < -0.3 is 15.0 Å². The lowest BCUT2D eigenvalue weighted by Gasteiger charge is -2.31. The van der Waals surface area contributed by atoms with Crippen molar-refractivity contribution in [1.29, 1.82) is 0 Å². The van der Waals surface area contributed by atoms with Crippen LogP contribution in [0.2, 0.25) is 0 Å². The van der Waals surface area contributed by atoms with E-state index in [4.69, 9.17) is 4.74 Å². The summed E-state index contributed by atoms with van der Waals surface area (Å²) in [7, 11) is 1.69. The van der Waals surface area contributed by atoms with E-state index in [1.807, 2.05) is 46.3 Å². The fourth-order valence-corrected chi connectivity index (χ4v) is 4.61. The Kier molecular flexibility index (Phi) is 6.64. The summed E-state index contributed by atoms with van der Waals surface area (Å²) < 4.78 is 5.19. The molecule has 0 atom stereocenters. The topological polar surface area (TPSA) is 41.6 Å². The van der Waals surface area contributed by atoms with E-state index in [0.29, 0.717) is 12.5 Å². The minimum Gasteiger partial charge on any atom is -0.497 e. The molecule has 0 radical (unpaired) electrons. The maximum absolute atomic E-state index is 12.2. The van der Waals surface area contributed by atoms with E-state index in [0.717, 1.165) is 37.4 Å². The zero-order chi connectivity index (χ0) is 17.5. The van der Waals surface area contributed by atoms with E-state index in [1.54, 1.807) is 18.4 Å². The van der Waals surface area contributed by atoms with Gasteiger partial charge in [0, 0.05) is 28.6 Å². The smallest absolute Gasteiger partial charge is 0.317 e. The zero-order valence-corrected chi connectivity index (χ0v) is 16.1. The molecular weight excluding hydrogens is 352 g/mol. The standard InChI is InChI=1S/C19H24N2O2S2/c1-23-16-4-6-17(7-5-16)25-14-15-8-10-21(11-9-15)19(22)20-13-18-3-2-12-24-18/h2-7,12,15H,8-11,13-14H2,1H3,(H,20,22). The van der Waals surface area contributed by atoms with E-state index < -0.39 is 0 Å². The molecule has 2 amide bonds. The van der Waals surface area contributed by atoms with E-state index in [1.165, 1.54) is 9.77 Å². The number of thiophene rings is 1. The maximum Gasteiger partial charge on any atom is 0.317 e. The van der Waals surface area contributed by atoms with Crippen LogP contribution in [-0.2, 0) is 6.54 Å². The SMILES string of the molecule is COc1ccc(SCC2CCN(C(=O)NCc3cccs3)CC2)cc1. The number of amides is 2. The minimum absolute atomic E-state index is 0.0645. The third-order valence-electron chi connectivity index (χ3n) is 4.44. The van der Waals surface area contributed by atoms with Crippen molar-refractivity contribution in [3.63, 3.8) is 0 Å². The van der Waals surface area contributed by atoms with Crippen molar-refractivity contribution in [3.05, 3.63) is 46.7 Å². The van der Waals surface area contributed by atoms with Gasteiger partial charge in [-0.25, -0.2) is 4.79 Å². The highest BCUT2D eigenvalue weighted by Crippen LogP contribution is 2.27. The molecule has 0 spiro atoms. The predicted octanol–water partition coefficient (Wildman–Crippen LogP) is 4.47. The second-order valence-corrected chi connectivity index (χ2v) is 8.28. The van der Waals surface area contributed by atoms with Crippen LogP contribution in [0.3, 0.4) is 0 Å². The molecule has 3 rings (SSSR count). The second kappa shape index (κ2) is 9.15. The molecule has 1 saturated heterocycles. The molecule has 6 heteroatoms. The lowest BCUT2D eigenvalue weighted by molar-refractivity contribution is 0.174. The summed E-state index contributed by atoms with van der Waals surface area (Å²) in [5.74, 6) is 2.68. The van der Waals surface area contributed by atoms with Crippen molar-refractivity contribution >= 4 is 29.1 Å². The van der Waals surface area contributed by atoms with E-state index >= 15 is 0 Å². The molecule has 1 aliphatic heterocycles. The first-order valence-corrected chi connectivity index (χ1v) is 10.4. The molecule has 25 heavy (non-hydrogen) atoms. The van der Waals surface area contributed by atoms with Crippen LogP contribution in [-0.4, -0.2) is 36.9 Å². The summed E-state index contributed by atoms with van der Waals surface area (Å²) in [6.45, 7) is 2.33. The number of hydrogen-bond donors (Lipinski definition) is 1. The van der Waals surface area contributed by atoms with Crippen LogP contribution < -0.4 is 10.1 Å². The van der Waals surface area contributed by atoms with Crippen LogP contribution in [0, 0.1) is 5.92 Å². The number of rotatable bonds is 6. The van der Waals surface area contributed by atoms with Gasteiger partial charge in [-0.05, 0) is 54.5 Å². The third kappa shape index (κ3) is 5.41. The fourth-order valence-electron chi connectivity index (χ4n) is 2.88. The predicted molar refractivity (Wildman–Crippen MR) is 105 cm³/mol. The van der Waals surface area contributed by atoms with Crippen molar-refractivity contribution in [2.75, 3.05) is 26.0 Å². The molecular formula is C19H24N2O2S2. The number of carbonyl (C=O) groups excluding carboxylic acids is 1. The molecule has 0 unspecified atom stereocenters. The fraction of sp³-hybridized carbons (Fsp3) is 0.421. The third-order valence-corrected chi connectivity index (χ3v) is 6.56. The number of nitrogens with zero attached hydrogens (tertiary/aromatic N) is 1. The Balaban J connectivity index is 1.37. The van der Waals surface area contributed by atoms with E-state index in [-0.39, 0.29) is 6.03 Å². The van der Waals surface area contributed by atoms with Gasteiger partial charge in [0.25, 0.3) is 0 Å².